The minimum atomic E-state index is -0.799. The van der Waals surface area contributed by atoms with Crippen molar-refractivity contribution in [2.45, 2.75) is 45.6 Å². The zero-order valence-electron chi connectivity index (χ0n) is 14.7. The number of H-pyrrole nitrogens is 1. The molecule has 25 heavy (non-hydrogen) atoms. The molecule has 0 bridgehead atoms. The van der Waals surface area contributed by atoms with Gasteiger partial charge >= 0.3 is 5.97 Å². The van der Waals surface area contributed by atoms with Gasteiger partial charge in [0.2, 0.25) is 5.91 Å². The average Bonchev–Trinajstić information content (AvgIpc) is 3.11. The molecule has 0 saturated carbocycles. The van der Waals surface area contributed by atoms with Crippen molar-refractivity contribution in [1.82, 2.24) is 25.2 Å². The Labute approximate surface area is 146 Å². The van der Waals surface area contributed by atoms with Gasteiger partial charge in [-0.3, -0.25) is 14.4 Å². The molecule has 0 radical (unpaired) electrons. The third-order valence-electron chi connectivity index (χ3n) is 4.22. The van der Waals surface area contributed by atoms with Gasteiger partial charge in [-0.1, -0.05) is 0 Å². The molecule has 0 aromatic carbocycles. The summed E-state index contributed by atoms with van der Waals surface area (Å²) >= 11 is 0. The summed E-state index contributed by atoms with van der Waals surface area (Å²) < 4.78 is 5.23. The van der Waals surface area contributed by atoms with Crippen LogP contribution in [0.2, 0.25) is 0 Å². The van der Waals surface area contributed by atoms with Crippen LogP contribution in [0.15, 0.2) is 6.20 Å². The van der Waals surface area contributed by atoms with Crippen LogP contribution in [0.1, 0.15) is 38.8 Å². The van der Waals surface area contributed by atoms with Gasteiger partial charge in [0.15, 0.2) is 6.10 Å². The summed E-state index contributed by atoms with van der Waals surface area (Å²) in [5, 5.41) is 10.2. The number of carbonyl (C=O) groups is 3. The molecule has 1 aliphatic rings. The summed E-state index contributed by atoms with van der Waals surface area (Å²) in [5.74, 6) is -0.570. The van der Waals surface area contributed by atoms with Crippen LogP contribution >= 0.6 is 0 Å². The van der Waals surface area contributed by atoms with E-state index in [1.807, 2.05) is 0 Å². The van der Waals surface area contributed by atoms with Gasteiger partial charge < -0.3 is 14.5 Å². The number of nitrogens with one attached hydrogen (secondary N) is 1. The SMILES string of the molecule is CC(=O)N1CCN(C(=O)C(C)OC(=O)CCCCc2cn[nH]n2)CC1. The molecule has 1 N–H and O–H groups in total. The van der Waals surface area contributed by atoms with Crippen LogP contribution in [0.3, 0.4) is 0 Å². The lowest BCUT2D eigenvalue weighted by molar-refractivity contribution is -0.160. The van der Waals surface area contributed by atoms with Crippen LogP contribution in [-0.2, 0) is 25.5 Å². The molecule has 138 valence electrons. The molecular weight excluding hydrogens is 326 g/mol. The van der Waals surface area contributed by atoms with Crippen molar-refractivity contribution in [3.05, 3.63) is 11.9 Å². The van der Waals surface area contributed by atoms with Gasteiger partial charge in [0, 0.05) is 39.5 Å². The van der Waals surface area contributed by atoms with Crippen molar-refractivity contribution in [2.24, 2.45) is 0 Å². The predicted octanol–water partition coefficient (Wildman–Crippen LogP) is 0.140. The number of esters is 1. The van der Waals surface area contributed by atoms with Crippen LogP contribution in [0, 0.1) is 0 Å². The van der Waals surface area contributed by atoms with Crippen LogP contribution in [-0.4, -0.2) is 75.3 Å². The highest BCUT2D eigenvalue weighted by molar-refractivity contribution is 5.83. The van der Waals surface area contributed by atoms with Crippen molar-refractivity contribution in [1.29, 1.82) is 0 Å². The monoisotopic (exact) mass is 351 g/mol. The van der Waals surface area contributed by atoms with Crippen LogP contribution in [0.5, 0.6) is 0 Å². The number of hydrogen-bond acceptors (Lipinski definition) is 6. The summed E-state index contributed by atoms with van der Waals surface area (Å²) in [6.07, 6.45) is 3.35. The standard InChI is InChI=1S/C16H25N5O4/c1-12(16(24)21-9-7-20(8-10-21)13(2)22)25-15(23)6-4-3-5-14-11-17-19-18-14/h11-12H,3-10H2,1-2H3,(H,17,18,19). The Bertz CT molecular complexity index is 581. The number of aromatic amines is 1. The summed E-state index contributed by atoms with van der Waals surface area (Å²) in [5.41, 5.74) is 0.863. The summed E-state index contributed by atoms with van der Waals surface area (Å²) in [4.78, 5) is 38.8. The maximum absolute atomic E-state index is 12.3. The van der Waals surface area contributed by atoms with Gasteiger partial charge in [-0.05, 0) is 26.2 Å². The van der Waals surface area contributed by atoms with E-state index in [1.54, 1.807) is 22.9 Å². The van der Waals surface area contributed by atoms with E-state index in [4.69, 9.17) is 4.74 Å². The smallest absolute Gasteiger partial charge is 0.306 e. The summed E-state index contributed by atoms with van der Waals surface area (Å²) in [7, 11) is 0. The maximum atomic E-state index is 12.3. The molecule has 1 aromatic rings. The number of aryl methyl sites for hydroxylation is 1. The number of carbonyl (C=O) groups excluding carboxylic acids is 3. The van der Waals surface area contributed by atoms with E-state index in [-0.39, 0.29) is 24.2 Å². The molecule has 1 aromatic heterocycles. The molecule has 1 aliphatic heterocycles. The fraction of sp³-hybridized carbons (Fsp3) is 0.688. The van der Waals surface area contributed by atoms with Crippen molar-refractivity contribution in [3.8, 4) is 0 Å². The molecule has 2 rings (SSSR count). The van der Waals surface area contributed by atoms with E-state index in [9.17, 15) is 14.4 Å². The highest BCUT2D eigenvalue weighted by Crippen LogP contribution is 2.09. The van der Waals surface area contributed by atoms with E-state index in [0.717, 1.165) is 18.5 Å². The number of unbranched alkanes of at least 4 members (excludes halogenated alkanes) is 1. The number of aromatic nitrogens is 3. The molecule has 1 saturated heterocycles. The quantitative estimate of drug-likeness (QED) is 0.553. The zero-order chi connectivity index (χ0) is 18.2. The molecule has 0 aliphatic carbocycles. The third-order valence-corrected chi connectivity index (χ3v) is 4.22. The van der Waals surface area contributed by atoms with Gasteiger partial charge in [0.05, 0.1) is 11.9 Å². The first-order valence-electron chi connectivity index (χ1n) is 8.56. The average molecular weight is 351 g/mol. The topological polar surface area (TPSA) is 108 Å². The zero-order valence-corrected chi connectivity index (χ0v) is 14.7. The molecule has 0 spiro atoms. The van der Waals surface area contributed by atoms with Crippen LogP contribution < -0.4 is 0 Å². The number of ether oxygens (including phenoxy) is 1. The Balaban J connectivity index is 1.64. The molecule has 1 unspecified atom stereocenters. The molecular formula is C16H25N5O4. The van der Waals surface area contributed by atoms with Gasteiger partial charge in [-0.25, -0.2) is 0 Å². The summed E-state index contributed by atoms with van der Waals surface area (Å²) in [6, 6.07) is 0. The largest absolute Gasteiger partial charge is 0.453 e. The molecule has 1 atom stereocenters. The highest BCUT2D eigenvalue weighted by atomic mass is 16.5. The first-order chi connectivity index (χ1) is 12.0. The lowest BCUT2D eigenvalue weighted by Gasteiger charge is -2.35. The van der Waals surface area contributed by atoms with Crippen molar-refractivity contribution in [3.63, 3.8) is 0 Å². The van der Waals surface area contributed by atoms with E-state index >= 15 is 0 Å². The van der Waals surface area contributed by atoms with Gasteiger partial charge in [-0.2, -0.15) is 15.4 Å². The van der Waals surface area contributed by atoms with E-state index in [2.05, 4.69) is 15.4 Å². The lowest BCUT2D eigenvalue weighted by Crippen LogP contribution is -2.52. The predicted molar refractivity (Wildman–Crippen MR) is 88.3 cm³/mol. The van der Waals surface area contributed by atoms with E-state index < -0.39 is 6.10 Å². The Hall–Kier alpha value is -2.45. The van der Waals surface area contributed by atoms with Crippen LogP contribution in [0.4, 0.5) is 0 Å². The van der Waals surface area contributed by atoms with Crippen LogP contribution in [0.25, 0.3) is 0 Å². The third kappa shape index (κ3) is 5.84. The van der Waals surface area contributed by atoms with Gasteiger partial charge in [0.25, 0.3) is 5.91 Å². The van der Waals surface area contributed by atoms with Crippen molar-refractivity contribution in [2.75, 3.05) is 26.2 Å². The normalized spacial score (nSPS) is 15.8. The lowest BCUT2D eigenvalue weighted by atomic mass is 10.1. The molecule has 9 heteroatoms. The Kier molecular flexibility index (Phi) is 6.91. The maximum Gasteiger partial charge on any atom is 0.306 e. The second-order valence-electron chi connectivity index (χ2n) is 6.13. The fourth-order valence-corrected chi connectivity index (χ4v) is 2.73. The molecule has 2 heterocycles. The van der Waals surface area contributed by atoms with Gasteiger partial charge in [0.1, 0.15) is 0 Å². The first kappa shape index (κ1) is 18.9. The van der Waals surface area contributed by atoms with E-state index in [1.165, 1.54) is 6.92 Å². The first-order valence-corrected chi connectivity index (χ1v) is 8.56. The Morgan fingerprint density at radius 2 is 1.88 bits per heavy atom. The minimum Gasteiger partial charge on any atom is -0.453 e. The fourth-order valence-electron chi connectivity index (χ4n) is 2.73. The second-order valence-corrected chi connectivity index (χ2v) is 6.13. The van der Waals surface area contributed by atoms with Gasteiger partial charge in [-0.15, -0.1) is 0 Å². The van der Waals surface area contributed by atoms with Crippen molar-refractivity contribution >= 4 is 17.8 Å². The minimum absolute atomic E-state index is 0.0113. The van der Waals surface area contributed by atoms with E-state index in [0.29, 0.717) is 32.6 Å². The highest BCUT2D eigenvalue weighted by Gasteiger charge is 2.27. The number of amides is 2. The number of rotatable bonds is 7. The second kappa shape index (κ2) is 9.14. The molecule has 9 nitrogen and oxygen atoms in total. The molecule has 2 amide bonds. The molecule has 1 fully saturated rings. The van der Waals surface area contributed by atoms with Crippen molar-refractivity contribution < 1.29 is 19.1 Å². The number of nitrogens with zero attached hydrogens (tertiary/aromatic N) is 4. The Morgan fingerprint density at radius 3 is 2.48 bits per heavy atom. The number of piperazine rings is 1. The Morgan fingerprint density at radius 1 is 1.20 bits per heavy atom. The summed E-state index contributed by atoms with van der Waals surface area (Å²) in [6.45, 7) is 5.08. The number of hydrogen-bond donors (Lipinski definition) is 1.